The molecule has 4 rings (SSSR count). The second-order valence-electron chi connectivity index (χ2n) is 7.83. The topological polar surface area (TPSA) is 117 Å². The molecule has 0 fully saturated rings. The Bertz CT molecular complexity index is 1480. The van der Waals surface area contributed by atoms with Crippen LogP contribution in [-0.2, 0) is 9.53 Å². The zero-order valence-corrected chi connectivity index (χ0v) is 20.2. The first-order valence-electron chi connectivity index (χ1n) is 10.6. The van der Waals surface area contributed by atoms with Crippen LogP contribution in [0.1, 0.15) is 32.6 Å². The molecule has 1 aliphatic rings. The molecule has 1 aliphatic heterocycles. The van der Waals surface area contributed by atoms with Gasteiger partial charge in [-0.25, -0.2) is 14.6 Å². The number of carbonyl (C=O) groups is 2. The van der Waals surface area contributed by atoms with E-state index in [1.54, 1.807) is 44.2 Å². The van der Waals surface area contributed by atoms with Crippen molar-refractivity contribution in [2.75, 3.05) is 7.11 Å². The first kappa shape index (κ1) is 24.6. The van der Waals surface area contributed by atoms with E-state index in [1.807, 2.05) is 6.07 Å². The van der Waals surface area contributed by atoms with Gasteiger partial charge >= 0.3 is 11.9 Å². The van der Waals surface area contributed by atoms with E-state index in [-0.39, 0.29) is 39.4 Å². The molecule has 10 heteroatoms. The number of carbonyl (C=O) groups excluding carboxylic acids is 2. The summed E-state index contributed by atoms with van der Waals surface area (Å²) in [5.74, 6) is -1.20. The van der Waals surface area contributed by atoms with Crippen LogP contribution < -0.4 is 9.47 Å². The average Bonchev–Trinajstić information content (AvgIpc) is 3.20. The first-order valence-corrected chi connectivity index (χ1v) is 11.0. The number of nitro groups is 1. The molecule has 1 heterocycles. The highest BCUT2D eigenvalue weighted by Gasteiger charge is 2.26. The van der Waals surface area contributed by atoms with Crippen molar-refractivity contribution >= 4 is 41.2 Å². The molecule has 0 unspecified atom stereocenters. The van der Waals surface area contributed by atoms with Crippen molar-refractivity contribution in [2.24, 2.45) is 4.99 Å². The van der Waals surface area contributed by atoms with Gasteiger partial charge in [0.05, 0.1) is 22.6 Å². The maximum atomic E-state index is 12.7. The van der Waals surface area contributed by atoms with E-state index in [2.05, 4.69) is 4.99 Å². The Morgan fingerprint density at radius 3 is 2.56 bits per heavy atom. The molecule has 0 radical (unpaired) electrons. The molecule has 0 amide bonds. The molecule has 0 saturated carbocycles. The Hall–Kier alpha value is -4.50. The molecule has 0 aliphatic carbocycles. The number of aryl methyl sites for hydroxylation is 2. The second-order valence-corrected chi connectivity index (χ2v) is 8.24. The summed E-state index contributed by atoms with van der Waals surface area (Å²) in [6.07, 6.45) is 1.42. The number of hydrogen-bond acceptors (Lipinski definition) is 8. The standard InChI is InChI=1S/C26H19ClN2O7/c1-14-6-4-5-7-18(14)25(30)35-23-19(27)10-16(12-22(23)34-3)11-20-26(31)36-24(28-20)17-9-8-15(2)21(13-17)29(32)33/h4-13H,1-3H3/b20-11-. The normalized spacial score (nSPS) is 13.8. The molecular formula is C26H19ClN2O7. The van der Waals surface area contributed by atoms with Gasteiger partial charge in [-0.05, 0) is 55.3 Å². The maximum absolute atomic E-state index is 12.7. The van der Waals surface area contributed by atoms with Crippen molar-refractivity contribution in [3.63, 3.8) is 0 Å². The summed E-state index contributed by atoms with van der Waals surface area (Å²) in [7, 11) is 1.39. The van der Waals surface area contributed by atoms with Crippen molar-refractivity contribution in [3.8, 4) is 11.5 Å². The van der Waals surface area contributed by atoms with E-state index >= 15 is 0 Å². The number of ether oxygens (including phenoxy) is 3. The first-order chi connectivity index (χ1) is 17.2. The lowest BCUT2D eigenvalue weighted by atomic mass is 10.1. The van der Waals surface area contributed by atoms with Crippen LogP contribution in [0.5, 0.6) is 11.5 Å². The third-order valence-corrected chi connectivity index (χ3v) is 5.67. The molecule has 0 spiro atoms. The summed E-state index contributed by atoms with van der Waals surface area (Å²) >= 11 is 6.39. The smallest absolute Gasteiger partial charge is 0.363 e. The summed E-state index contributed by atoms with van der Waals surface area (Å²) in [6.45, 7) is 3.39. The van der Waals surface area contributed by atoms with Crippen molar-refractivity contribution in [1.82, 2.24) is 0 Å². The molecule has 0 saturated heterocycles. The monoisotopic (exact) mass is 506 g/mol. The van der Waals surface area contributed by atoms with Crippen molar-refractivity contribution in [1.29, 1.82) is 0 Å². The lowest BCUT2D eigenvalue weighted by molar-refractivity contribution is -0.385. The molecule has 0 N–H and O–H groups in total. The highest BCUT2D eigenvalue weighted by molar-refractivity contribution is 6.32. The number of methoxy groups -OCH3 is 1. The van der Waals surface area contributed by atoms with Gasteiger partial charge in [-0.2, -0.15) is 0 Å². The highest BCUT2D eigenvalue weighted by atomic mass is 35.5. The van der Waals surface area contributed by atoms with Gasteiger partial charge in [0.25, 0.3) is 5.69 Å². The summed E-state index contributed by atoms with van der Waals surface area (Å²) in [4.78, 5) is 40.0. The fourth-order valence-corrected chi connectivity index (χ4v) is 3.76. The van der Waals surface area contributed by atoms with Crippen LogP contribution in [0, 0.1) is 24.0 Å². The quantitative estimate of drug-likeness (QED) is 0.144. The number of hydrogen-bond donors (Lipinski definition) is 0. The van der Waals surface area contributed by atoms with Gasteiger partial charge in [0.1, 0.15) is 0 Å². The van der Waals surface area contributed by atoms with Crippen LogP contribution in [-0.4, -0.2) is 29.9 Å². The number of nitro benzene ring substituents is 1. The molecule has 0 bridgehead atoms. The molecular weight excluding hydrogens is 488 g/mol. The molecule has 3 aromatic rings. The SMILES string of the molecule is COc1cc(/C=C2\N=C(c3ccc(C)c([N+](=O)[O-])c3)OC2=O)cc(Cl)c1OC(=O)c1ccccc1C. The van der Waals surface area contributed by atoms with Gasteiger partial charge in [0.2, 0.25) is 5.90 Å². The van der Waals surface area contributed by atoms with Crippen molar-refractivity contribution in [3.05, 3.63) is 103 Å². The van der Waals surface area contributed by atoms with E-state index in [0.717, 1.165) is 5.56 Å². The van der Waals surface area contributed by atoms with Gasteiger partial charge in [0.15, 0.2) is 17.2 Å². The van der Waals surface area contributed by atoms with Crippen LogP contribution in [0.2, 0.25) is 5.02 Å². The summed E-state index contributed by atoms with van der Waals surface area (Å²) < 4.78 is 16.1. The molecule has 0 aromatic heterocycles. The minimum Gasteiger partial charge on any atom is -0.493 e. The largest absolute Gasteiger partial charge is 0.493 e. The van der Waals surface area contributed by atoms with Gasteiger partial charge < -0.3 is 14.2 Å². The predicted octanol–water partition coefficient (Wildman–Crippen LogP) is 5.44. The number of cyclic esters (lactones) is 1. The van der Waals surface area contributed by atoms with E-state index in [4.69, 9.17) is 25.8 Å². The Balaban J connectivity index is 1.65. The summed E-state index contributed by atoms with van der Waals surface area (Å²) in [6, 6.07) is 14.4. The lowest BCUT2D eigenvalue weighted by Gasteiger charge is -2.13. The van der Waals surface area contributed by atoms with Crippen molar-refractivity contribution in [2.45, 2.75) is 13.8 Å². The minimum atomic E-state index is -0.738. The van der Waals surface area contributed by atoms with Crippen LogP contribution in [0.3, 0.4) is 0 Å². The summed E-state index contributed by atoms with van der Waals surface area (Å²) in [5, 5.41) is 11.3. The Labute approximate surface area is 210 Å². The number of aliphatic imine (C=N–C) groups is 1. The lowest BCUT2D eigenvalue weighted by Crippen LogP contribution is -2.11. The predicted molar refractivity (Wildman–Crippen MR) is 133 cm³/mol. The molecule has 9 nitrogen and oxygen atoms in total. The van der Waals surface area contributed by atoms with Gasteiger partial charge in [-0.3, -0.25) is 10.1 Å². The van der Waals surface area contributed by atoms with E-state index in [0.29, 0.717) is 16.7 Å². The zero-order valence-electron chi connectivity index (χ0n) is 19.4. The van der Waals surface area contributed by atoms with Crippen LogP contribution in [0.15, 0.2) is 65.3 Å². The summed E-state index contributed by atoms with van der Waals surface area (Å²) in [5.41, 5.74) is 2.15. The number of esters is 2. The second kappa shape index (κ2) is 10.0. The number of nitrogens with zero attached hydrogens (tertiary/aromatic N) is 2. The van der Waals surface area contributed by atoms with Crippen LogP contribution >= 0.6 is 11.6 Å². The van der Waals surface area contributed by atoms with E-state index in [1.165, 1.54) is 31.4 Å². The Morgan fingerprint density at radius 1 is 1.11 bits per heavy atom. The number of halogens is 1. The maximum Gasteiger partial charge on any atom is 0.363 e. The van der Waals surface area contributed by atoms with Gasteiger partial charge in [-0.1, -0.05) is 35.9 Å². The molecule has 182 valence electrons. The molecule has 36 heavy (non-hydrogen) atoms. The number of rotatable bonds is 6. The van der Waals surface area contributed by atoms with Crippen LogP contribution in [0.4, 0.5) is 5.69 Å². The van der Waals surface area contributed by atoms with Crippen molar-refractivity contribution < 1.29 is 28.7 Å². The van der Waals surface area contributed by atoms with Gasteiger partial charge in [-0.15, -0.1) is 0 Å². The highest BCUT2D eigenvalue weighted by Crippen LogP contribution is 2.38. The Kier molecular flexibility index (Phi) is 6.84. The van der Waals surface area contributed by atoms with Crippen LogP contribution in [0.25, 0.3) is 6.08 Å². The Morgan fingerprint density at radius 2 is 1.86 bits per heavy atom. The third-order valence-electron chi connectivity index (χ3n) is 5.39. The molecule has 0 atom stereocenters. The molecule has 3 aromatic carbocycles. The zero-order chi connectivity index (χ0) is 26.0. The fourth-order valence-electron chi connectivity index (χ4n) is 3.50. The van der Waals surface area contributed by atoms with Gasteiger partial charge in [0, 0.05) is 17.2 Å². The van der Waals surface area contributed by atoms with E-state index < -0.39 is 16.9 Å². The van der Waals surface area contributed by atoms with E-state index in [9.17, 15) is 19.7 Å². The fraction of sp³-hybridized carbons (Fsp3) is 0.115. The third kappa shape index (κ3) is 4.96. The average molecular weight is 507 g/mol. The minimum absolute atomic E-state index is 0.0275. The number of benzene rings is 3.